The van der Waals surface area contributed by atoms with Crippen LogP contribution >= 0.6 is 34.4 Å². The molecule has 0 spiro atoms. The first-order valence-electron chi connectivity index (χ1n) is 7.02. The molecule has 5 nitrogen and oxygen atoms in total. The van der Waals surface area contributed by atoms with Gasteiger partial charge in [-0.2, -0.15) is 0 Å². The molecule has 1 unspecified atom stereocenters. The number of thiazole rings is 1. The van der Waals surface area contributed by atoms with E-state index in [2.05, 4.69) is 27.4 Å². The SMILES string of the molecule is Cc1ncsc1CCSc1nnc(NCC2CCCO2)s1. The van der Waals surface area contributed by atoms with Crippen LogP contribution in [-0.2, 0) is 11.2 Å². The van der Waals surface area contributed by atoms with Crippen LogP contribution in [0, 0.1) is 6.92 Å². The maximum absolute atomic E-state index is 5.58. The Hall–Kier alpha value is -0.700. The number of thioether (sulfide) groups is 1. The van der Waals surface area contributed by atoms with E-state index in [4.69, 9.17) is 4.74 Å². The maximum atomic E-state index is 5.58. The highest BCUT2D eigenvalue weighted by Crippen LogP contribution is 2.27. The highest BCUT2D eigenvalue weighted by molar-refractivity contribution is 8.01. The molecule has 0 saturated carbocycles. The van der Waals surface area contributed by atoms with Crippen LogP contribution in [0.25, 0.3) is 0 Å². The van der Waals surface area contributed by atoms with Crippen LogP contribution in [0.2, 0.25) is 0 Å². The van der Waals surface area contributed by atoms with Crippen LogP contribution in [0.1, 0.15) is 23.4 Å². The van der Waals surface area contributed by atoms with Gasteiger partial charge in [0.1, 0.15) is 0 Å². The molecule has 1 N–H and O–H groups in total. The summed E-state index contributed by atoms with van der Waals surface area (Å²) in [5, 5.41) is 12.6. The van der Waals surface area contributed by atoms with Crippen LogP contribution in [0.15, 0.2) is 9.85 Å². The molecular formula is C13H18N4OS3. The molecular weight excluding hydrogens is 324 g/mol. The summed E-state index contributed by atoms with van der Waals surface area (Å²) in [6, 6.07) is 0. The Morgan fingerprint density at radius 3 is 3.19 bits per heavy atom. The van der Waals surface area contributed by atoms with Gasteiger partial charge in [-0.3, -0.25) is 0 Å². The maximum Gasteiger partial charge on any atom is 0.206 e. The molecule has 0 bridgehead atoms. The molecule has 0 aromatic carbocycles. The van der Waals surface area contributed by atoms with Gasteiger partial charge in [-0.05, 0) is 26.2 Å². The van der Waals surface area contributed by atoms with Gasteiger partial charge >= 0.3 is 0 Å². The number of ether oxygens (including phenoxy) is 1. The minimum atomic E-state index is 0.333. The van der Waals surface area contributed by atoms with Crippen LogP contribution < -0.4 is 5.32 Å². The lowest BCUT2D eigenvalue weighted by Gasteiger charge is -2.08. The van der Waals surface area contributed by atoms with Crippen molar-refractivity contribution in [1.29, 1.82) is 0 Å². The molecule has 2 aromatic heterocycles. The minimum absolute atomic E-state index is 0.333. The van der Waals surface area contributed by atoms with Crippen molar-refractivity contribution in [3.63, 3.8) is 0 Å². The van der Waals surface area contributed by atoms with E-state index in [-0.39, 0.29) is 0 Å². The van der Waals surface area contributed by atoms with Gasteiger partial charge in [0.2, 0.25) is 5.13 Å². The van der Waals surface area contributed by atoms with Crippen molar-refractivity contribution in [3.05, 3.63) is 16.1 Å². The van der Waals surface area contributed by atoms with Crippen molar-refractivity contribution in [3.8, 4) is 0 Å². The third kappa shape index (κ3) is 4.38. The molecule has 114 valence electrons. The molecule has 8 heteroatoms. The molecule has 1 atom stereocenters. The molecule has 1 saturated heterocycles. The smallest absolute Gasteiger partial charge is 0.206 e. The molecule has 21 heavy (non-hydrogen) atoms. The van der Waals surface area contributed by atoms with E-state index in [0.29, 0.717) is 6.10 Å². The summed E-state index contributed by atoms with van der Waals surface area (Å²) in [6.45, 7) is 3.79. The highest BCUT2D eigenvalue weighted by atomic mass is 32.2. The third-order valence-corrected chi connectivity index (χ3v) is 6.32. The van der Waals surface area contributed by atoms with Gasteiger partial charge < -0.3 is 10.1 Å². The monoisotopic (exact) mass is 342 g/mol. The Morgan fingerprint density at radius 2 is 2.43 bits per heavy atom. The van der Waals surface area contributed by atoms with Gasteiger partial charge in [0, 0.05) is 23.8 Å². The van der Waals surface area contributed by atoms with Gasteiger partial charge in [-0.1, -0.05) is 23.1 Å². The van der Waals surface area contributed by atoms with Crippen molar-refractivity contribution in [2.45, 2.75) is 36.6 Å². The first-order chi connectivity index (χ1) is 10.3. The fourth-order valence-corrected chi connectivity index (χ4v) is 4.84. The average Bonchev–Trinajstić information content (AvgIpc) is 3.20. The van der Waals surface area contributed by atoms with Crippen LogP contribution in [0.3, 0.4) is 0 Å². The van der Waals surface area contributed by atoms with E-state index in [1.54, 1.807) is 34.4 Å². The number of nitrogens with zero attached hydrogens (tertiary/aromatic N) is 3. The van der Waals surface area contributed by atoms with Gasteiger partial charge in [0.15, 0.2) is 4.34 Å². The number of anilines is 1. The second-order valence-electron chi connectivity index (χ2n) is 4.85. The average molecular weight is 343 g/mol. The lowest BCUT2D eigenvalue weighted by Crippen LogP contribution is -2.18. The van der Waals surface area contributed by atoms with E-state index < -0.39 is 0 Å². The fraction of sp³-hybridized carbons (Fsp3) is 0.615. The summed E-state index contributed by atoms with van der Waals surface area (Å²) in [7, 11) is 0. The Kier molecular flexibility index (Phi) is 5.45. The van der Waals surface area contributed by atoms with Gasteiger partial charge in [-0.25, -0.2) is 4.98 Å². The number of hydrogen-bond donors (Lipinski definition) is 1. The lowest BCUT2D eigenvalue weighted by atomic mass is 10.2. The molecule has 1 fully saturated rings. The standard InChI is InChI=1S/C13H18N4OS3/c1-9-11(20-8-15-9)4-6-19-13-17-16-12(21-13)14-7-10-3-2-5-18-10/h8,10H,2-7H2,1H3,(H,14,16). The number of hydrogen-bond acceptors (Lipinski definition) is 8. The Balaban J connectivity index is 1.41. The van der Waals surface area contributed by atoms with Crippen LogP contribution in [-0.4, -0.2) is 40.2 Å². The van der Waals surface area contributed by atoms with Crippen molar-refractivity contribution in [2.24, 2.45) is 0 Å². The zero-order valence-electron chi connectivity index (χ0n) is 11.9. The van der Waals surface area contributed by atoms with E-state index in [1.165, 1.54) is 11.3 Å². The van der Waals surface area contributed by atoms with Crippen molar-refractivity contribution in [1.82, 2.24) is 15.2 Å². The van der Waals surface area contributed by atoms with Crippen molar-refractivity contribution < 1.29 is 4.74 Å². The Morgan fingerprint density at radius 1 is 1.48 bits per heavy atom. The van der Waals surface area contributed by atoms with Crippen LogP contribution in [0.4, 0.5) is 5.13 Å². The van der Waals surface area contributed by atoms with Crippen LogP contribution in [0.5, 0.6) is 0 Å². The molecule has 0 amide bonds. The quantitative estimate of drug-likeness (QED) is 0.780. The van der Waals surface area contributed by atoms with E-state index in [0.717, 1.165) is 46.9 Å². The lowest BCUT2D eigenvalue weighted by molar-refractivity contribution is 0.120. The summed E-state index contributed by atoms with van der Waals surface area (Å²) in [5.74, 6) is 1.02. The van der Waals surface area contributed by atoms with E-state index in [9.17, 15) is 0 Å². The summed E-state index contributed by atoms with van der Waals surface area (Å²) >= 11 is 5.11. The molecule has 1 aliphatic rings. The predicted molar refractivity (Wildman–Crippen MR) is 88.7 cm³/mol. The molecule has 0 radical (unpaired) electrons. The fourth-order valence-electron chi connectivity index (χ4n) is 2.14. The summed E-state index contributed by atoms with van der Waals surface area (Å²) in [5.41, 5.74) is 3.06. The summed E-state index contributed by atoms with van der Waals surface area (Å²) in [4.78, 5) is 5.64. The summed E-state index contributed by atoms with van der Waals surface area (Å²) < 4.78 is 6.60. The number of rotatable bonds is 7. The first-order valence-corrected chi connectivity index (χ1v) is 9.70. The first kappa shape index (κ1) is 15.2. The number of aryl methyl sites for hydroxylation is 2. The normalized spacial score (nSPS) is 18.2. The van der Waals surface area contributed by atoms with Crippen molar-refractivity contribution in [2.75, 3.05) is 24.2 Å². The number of nitrogens with one attached hydrogen (secondary N) is 1. The van der Waals surface area contributed by atoms with Gasteiger partial charge in [-0.15, -0.1) is 21.5 Å². The van der Waals surface area contributed by atoms with Crippen molar-refractivity contribution >= 4 is 39.6 Å². The predicted octanol–water partition coefficient (Wildman–Crippen LogP) is 3.23. The zero-order chi connectivity index (χ0) is 14.5. The van der Waals surface area contributed by atoms with Gasteiger partial charge in [0.25, 0.3) is 0 Å². The topological polar surface area (TPSA) is 59.9 Å². The largest absolute Gasteiger partial charge is 0.376 e. The second kappa shape index (κ2) is 7.53. The third-order valence-electron chi connectivity index (χ3n) is 3.31. The Bertz CT molecular complexity index is 565. The molecule has 1 aliphatic heterocycles. The summed E-state index contributed by atoms with van der Waals surface area (Å²) in [6.07, 6.45) is 3.68. The molecule has 0 aliphatic carbocycles. The van der Waals surface area contributed by atoms with E-state index >= 15 is 0 Å². The highest BCUT2D eigenvalue weighted by Gasteiger charge is 2.15. The zero-order valence-corrected chi connectivity index (χ0v) is 14.3. The molecule has 2 aromatic rings. The molecule has 3 heterocycles. The Labute approximate surface area is 136 Å². The number of aromatic nitrogens is 3. The van der Waals surface area contributed by atoms with E-state index in [1.807, 2.05) is 5.51 Å². The van der Waals surface area contributed by atoms with Gasteiger partial charge in [0.05, 0.1) is 17.3 Å². The minimum Gasteiger partial charge on any atom is -0.376 e. The molecule has 3 rings (SSSR count). The second-order valence-corrected chi connectivity index (χ2v) is 8.11.